The van der Waals surface area contributed by atoms with Gasteiger partial charge in [-0.1, -0.05) is 115 Å². The Morgan fingerprint density at radius 1 is 0.407 bits per heavy atom. The average molecular weight is 688 g/mol. The Bertz CT molecular complexity index is 3380. The van der Waals surface area contributed by atoms with Gasteiger partial charge in [0.2, 0.25) is 0 Å². The lowest BCUT2D eigenvalue weighted by molar-refractivity contribution is 0.487. The quantitative estimate of drug-likeness (QED) is 0.186. The zero-order chi connectivity index (χ0) is 35.3. The Kier molecular flexibility index (Phi) is 6.02. The normalized spacial score (nSPS) is 12.2. The molecule has 0 aliphatic carbocycles. The van der Waals surface area contributed by atoms with Crippen LogP contribution in [-0.2, 0) is 0 Å². The molecule has 0 bridgehead atoms. The van der Waals surface area contributed by atoms with E-state index < -0.39 is 0 Å². The maximum atomic E-state index is 6.70. The minimum absolute atomic E-state index is 0.692. The second kappa shape index (κ2) is 11.1. The van der Waals surface area contributed by atoms with Crippen molar-refractivity contribution in [1.82, 2.24) is 14.5 Å². The van der Waals surface area contributed by atoms with Crippen LogP contribution in [0.25, 0.3) is 104 Å². The Hall–Kier alpha value is -7.30. The third-order valence-corrected chi connectivity index (χ3v) is 11.1. The molecule has 1 aliphatic heterocycles. The molecule has 4 heteroatoms. The molecule has 0 fully saturated rings. The highest BCUT2D eigenvalue weighted by atomic mass is 16.5. The summed E-state index contributed by atoms with van der Waals surface area (Å²) in [5, 5.41) is 10.5. The second-order valence-corrected chi connectivity index (χ2v) is 14.2. The van der Waals surface area contributed by atoms with Crippen molar-refractivity contribution < 1.29 is 4.74 Å². The fraction of sp³-hybridized carbons (Fsp3) is 0. The summed E-state index contributed by atoms with van der Waals surface area (Å²) in [7, 11) is 0. The van der Waals surface area contributed by atoms with Crippen LogP contribution in [0.15, 0.2) is 176 Å². The zero-order valence-corrected chi connectivity index (χ0v) is 29.0. The highest BCUT2D eigenvalue weighted by molar-refractivity contribution is 6.14. The third-order valence-electron chi connectivity index (χ3n) is 11.1. The molecule has 9 aromatic carbocycles. The Balaban J connectivity index is 1.05. The first-order valence-electron chi connectivity index (χ1n) is 18.3. The summed E-state index contributed by atoms with van der Waals surface area (Å²) in [5.74, 6) is 2.37. The van der Waals surface area contributed by atoms with Gasteiger partial charge in [-0.15, -0.1) is 0 Å². The summed E-state index contributed by atoms with van der Waals surface area (Å²) in [6.07, 6.45) is 0. The highest BCUT2D eigenvalue weighted by Gasteiger charge is 2.24. The lowest BCUT2D eigenvalue weighted by atomic mass is 9.92. The van der Waals surface area contributed by atoms with E-state index in [1.807, 2.05) is 6.07 Å². The van der Waals surface area contributed by atoms with Crippen LogP contribution in [0, 0.1) is 0 Å². The van der Waals surface area contributed by atoms with E-state index in [2.05, 4.69) is 174 Å². The van der Waals surface area contributed by atoms with Gasteiger partial charge >= 0.3 is 0 Å². The highest BCUT2D eigenvalue weighted by Crippen LogP contribution is 2.49. The van der Waals surface area contributed by atoms with Crippen molar-refractivity contribution >= 4 is 65.0 Å². The van der Waals surface area contributed by atoms with Gasteiger partial charge in [0.1, 0.15) is 11.5 Å². The lowest BCUT2D eigenvalue weighted by Crippen LogP contribution is -2.01. The predicted octanol–water partition coefficient (Wildman–Crippen LogP) is 13.3. The van der Waals surface area contributed by atoms with Crippen molar-refractivity contribution in [3.63, 3.8) is 0 Å². The molecule has 54 heavy (non-hydrogen) atoms. The van der Waals surface area contributed by atoms with Gasteiger partial charge in [-0.25, -0.2) is 9.97 Å². The van der Waals surface area contributed by atoms with E-state index in [9.17, 15) is 0 Å². The van der Waals surface area contributed by atoms with Gasteiger partial charge in [-0.2, -0.15) is 0 Å². The van der Waals surface area contributed by atoms with E-state index in [0.29, 0.717) is 5.82 Å². The van der Waals surface area contributed by atoms with Crippen molar-refractivity contribution in [1.29, 1.82) is 0 Å². The summed E-state index contributed by atoms with van der Waals surface area (Å²) < 4.78 is 9.09. The van der Waals surface area contributed by atoms with E-state index in [-0.39, 0.29) is 0 Å². The van der Waals surface area contributed by atoms with Gasteiger partial charge in [-0.05, 0) is 93.2 Å². The molecule has 3 heterocycles. The first kappa shape index (κ1) is 29.3. The smallest absolute Gasteiger partial charge is 0.161 e. The maximum Gasteiger partial charge on any atom is 0.161 e. The summed E-state index contributed by atoms with van der Waals surface area (Å²) in [4.78, 5) is 10.5. The minimum atomic E-state index is 0.692. The van der Waals surface area contributed by atoms with Crippen molar-refractivity contribution in [2.45, 2.75) is 0 Å². The standard InChI is InChI=1S/C50H29N3O/c1-2-11-31-26-34(21-20-30(31)10-1)49-40-15-5-7-18-43(40)51-50(52-49)39-23-25-47-48-37(39)16-9-17-38(48)42-29-35(22-24-46(42)54-47)53-44-19-8-6-14-36(44)41-27-32-12-3-4-13-33(32)28-45(41)53/h1-29H. The molecule has 0 unspecified atom stereocenters. The van der Waals surface area contributed by atoms with E-state index in [0.717, 1.165) is 66.8 Å². The van der Waals surface area contributed by atoms with E-state index in [4.69, 9.17) is 14.7 Å². The topological polar surface area (TPSA) is 39.9 Å². The van der Waals surface area contributed by atoms with Crippen LogP contribution in [0.3, 0.4) is 0 Å². The molecule has 2 aromatic heterocycles. The van der Waals surface area contributed by atoms with Crippen LogP contribution in [0.1, 0.15) is 0 Å². The average Bonchev–Trinajstić information content (AvgIpc) is 3.55. The Morgan fingerprint density at radius 2 is 1.13 bits per heavy atom. The molecular formula is C50H29N3O. The molecule has 0 radical (unpaired) electrons. The number of aromatic nitrogens is 3. The number of benzene rings is 9. The molecule has 0 spiro atoms. The van der Waals surface area contributed by atoms with Gasteiger partial charge in [0.15, 0.2) is 5.82 Å². The number of hydrogen-bond donors (Lipinski definition) is 0. The van der Waals surface area contributed by atoms with Crippen LogP contribution >= 0.6 is 0 Å². The molecule has 0 N–H and O–H groups in total. The fourth-order valence-electron chi connectivity index (χ4n) is 8.64. The van der Waals surface area contributed by atoms with Gasteiger partial charge in [0.25, 0.3) is 0 Å². The van der Waals surface area contributed by atoms with Crippen molar-refractivity contribution in [2.24, 2.45) is 0 Å². The minimum Gasteiger partial charge on any atom is -0.456 e. The molecule has 250 valence electrons. The SMILES string of the molecule is c1ccc2cc(-c3nc(-c4ccc5c6c(cccc46)-c4cc(-n6c7ccccc7c7cc8ccccc8cc76)ccc4O5)nc4ccccc34)ccc2c1. The number of rotatable bonds is 3. The van der Waals surface area contributed by atoms with Gasteiger partial charge < -0.3 is 9.30 Å². The van der Waals surface area contributed by atoms with Crippen LogP contribution in [0.4, 0.5) is 0 Å². The first-order chi connectivity index (χ1) is 26.7. The van der Waals surface area contributed by atoms with Gasteiger partial charge in [0.05, 0.1) is 22.2 Å². The van der Waals surface area contributed by atoms with E-state index >= 15 is 0 Å². The fourth-order valence-corrected chi connectivity index (χ4v) is 8.64. The molecule has 12 rings (SSSR count). The molecule has 0 saturated carbocycles. The molecule has 11 aromatic rings. The van der Waals surface area contributed by atoms with Crippen molar-refractivity contribution in [3.8, 4) is 51.0 Å². The monoisotopic (exact) mass is 687 g/mol. The third kappa shape index (κ3) is 4.25. The Labute approximate surface area is 310 Å². The number of fused-ring (bicyclic) bond motifs is 8. The first-order valence-corrected chi connectivity index (χ1v) is 18.3. The molecule has 0 atom stereocenters. The van der Waals surface area contributed by atoms with Crippen LogP contribution in [-0.4, -0.2) is 14.5 Å². The number of hydrogen-bond acceptors (Lipinski definition) is 3. The summed E-state index contributed by atoms with van der Waals surface area (Å²) >= 11 is 0. The summed E-state index contributed by atoms with van der Waals surface area (Å²) in [6.45, 7) is 0. The predicted molar refractivity (Wildman–Crippen MR) is 223 cm³/mol. The van der Waals surface area contributed by atoms with Crippen LogP contribution in [0.5, 0.6) is 11.5 Å². The molecule has 0 amide bonds. The summed E-state index contributed by atoms with van der Waals surface area (Å²) in [6, 6.07) is 62.5. The van der Waals surface area contributed by atoms with Crippen molar-refractivity contribution in [3.05, 3.63) is 176 Å². The van der Waals surface area contributed by atoms with Crippen LogP contribution in [0.2, 0.25) is 0 Å². The molecular weight excluding hydrogens is 659 g/mol. The van der Waals surface area contributed by atoms with E-state index in [1.165, 1.54) is 43.4 Å². The summed E-state index contributed by atoms with van der Waals surface area (Å²) in [5.41, 5.74) is 9.52. The maximum absolute atomic E-state index is 6.70. The largest absolute Gasteiger partial charge is 0.456 e. The molecule has 0 saturated heterocycles. The Morgan fingerprint density at radius 3 is 2.02 bits per heavy atom. The number of para-hydroxylation sites is 2. The lowest BCUT2D eigenvalue weighted by Gasteiger charge is -2.23. The molecule has 1 aliphatic rings. The van der Waals surface area contributed by atoms with Gasteiger partial charge in [0, 0.05) is 43.9 Å². The molecule has 4 nitrogen and oxygen atoms in total. The second-order valence-electron chi connectivity index (χ2n) is 14.2. The van der Waals surface area contributed by atoms with E-state index in [1.54, 1.807) is 0 Å². The number of ether oxygens (including phenoxy) is 1. The number of nitrogens with zero attached hydrogens (tertiary/aromatic N) is 3. The van der Waals surface area contributed by atoms with Crippen molar-refractivity contribution in [2.75, 3.05) is 0 Å². The zero-order valence-electron chi connectivity index (χ0n) is 29.0. The van der Waals surface area contributed by atoms with Gasteiger partial charge in [-0.3, -0.25) is 0 Å². The van der Waals surface area contributed by atoms with Crippen LogP contribution < -0.4 is 4.74 Å².